The number of ether oxygens (including phenoxy) is 2. The molecule has 7 heteroatoms. The predicted octanol–water partition coefficient (Wildman–Crippen LogP) is 3.72. The predicted molar refractivity (Wildman–Crippen MR) is 109 cm³/mol. The summed E-state index contributed by atoms with van der Waals surface area (Å²) >= 11 is 0. The molecule has 1 saturated heterocycles. The summed E-state index contributed by atoms with van der Waals surface area (Å²) in [5.74, 6) is 2.94. The van der Waals surface area contributed by atoms with Crippen molar-refractivity contribution in [2.24, 2.45) is 0 Å². The first-order chi connectivity index (χ1) is 14.7. The third kappa shape index (κ3) is 3.63. The summed E-state index contributed by atoms with van der Waals surface area (Å²) in [5, 5.41) is 4.14. The Kier molecular flexibility index (Phi) is 4.86. The average Bonchev–Trinajstić information content (AvgIpc) is 3.44. The molecule has 3 aromatic rings. The molecule has 154 valence electrons. The number of fused-ring (bicyclic) bond motifs is 1. The second kappa shape index (κ2) is 7.82. The summed E-state index contributed by atoms with van der Waals surface area (Å²) in [4.78, 5) is 19.2. The molecule has 1 aromatic heterocycles. The number of nitrogens with zero attached hydrogens (tertiary/aromatic N) is 3. The van der Waals surface area contributed by atoms with Crippen molar-refractivity contribution in [2.45, 2.75) is 32.1 Å². The molecule has 0 radical (unpaired) electrons. The molecule has 1 amide bonds. The maximum Gasteiger partial charge on any atom is 0.231 e. The maximum absolute atomic E-state index is 12.7. The Hall–Kier alpha value is -3.35. The van der Waals surface area contributed by atoms with E-state index in [-0.39, 0.29) is 18.6 Å². The van der Waals surface area contributed by atoms with E-state index < -0.39 is 0 Å². The number of piperidine rings is 1. The van der Waals surface area contributed by atoms with Crippen LogP contribution >= 0.6 is 0 Å². The van der Waals surface area contributed by atoms with Crippen LogP contribution in [0, 0.1) is 6.92 Å². The van der Waals surface area contributed by atoms with Gasteiger partial charge in [0.25, 0.3) is 0 Å². The lowest BCUT2D eigenvalue weighted by atomic mass is 9.96. The zero-order chi connectivity index (χ0) is 20.5. The van der Waals surface area contributed by atoms with Gasteiger partial charge in [-0.05, 0) is 49.1 Å². The van der Waals surface area contributed by atoms with Crippen molar-refractivity contribution in [1.82, 2.24) is 15.0 Å². The highest BCUT2D eigenvalue weighted by Crippen LogP contribution is 2.36. The van der Waals surface area contributed by atoms with Crippen molar-refractivity contribution in [2.75, 3.05) is 19.9 Å². The van der Waals surface area contributed by atoms with Crippen LogP contribution in [0.3, 0.4) is 0 Å². The Morgan fingerprint density at radius 1 is 1.10 bits per heavy atom. The SMILES string of the molecule is Cc1ccccc1CC(=O)N1CCC(c2nc(-c3ccc4c(c3)OCO4)no2)CC1. The number of benzene rings is 2. The van der Waals surface area contributed by atoms with Crippen molar-refractivity contribution in [3.8, 4) is 22.9 Å². The maximum atomic E-state index is 12.7. The summed E-state index contributed by atoms with van der Waals surface area (Å²) in [6.07, 6.45) is 2.09. The zero-order valence-corrected chi connectivity index (χ0v) is 16.8. The number of hydrogen-bond acceptors (Lipinski definition) is 6. The summed E-state index contributed by atoms with van der Waals surface area (Å²) in [6, 6.07) is 13.7. The molecule has 7 nitrogen and oxygen atoms in total. The van der Waals surface area contributed by atoms with Crippen LogP contribution in [0.4, 0.5) is 0 Å². The summed E-state index contributed by atoms with van der Waals surface area (Å²) in [6.45, 7) is 3.69. The minimum absolute atomic E-state index is 0.169. The molecule has 0 unspecified atom stereocenters. The van der Waals surface area contributed by atoms with Crippen molar-refractivity contribution < 1.29 is 18.8 Å². The van der Waals surface area contributed by atoms with Crippen LogP contribution < -0.4 is 9.47 Å². The molecule has 5 rings (SSSR count). The largest absolute Gasteiger partial charge is 0.454 e. The van der Waals surface area contributed by atoms with Crippen LogP contribution in [-0.4, -0.2) is 40.8 Å². The van der Waals surface area contributed by atoms with Crippen molar-refractivity contribution in [3.05, 3.63) is 59.5 Å². The van der Waals surface area contributed by atoms with E-state index in [1.165, 1.54) is 0 Å². The number of amides is 1. The number of aryl methyl sites for hydroxylation is 1. The van der Waals surface area contributed by atoms with E-state index in [0.717, 1.165) is 35.3 Å². The lowest BCUT2D eigenvalue weighted by Crippen LogP contribution is -2.38. The van der Waals surface area contributed by atoms with Gasteiger partial charge in [0.1, 0.15) is 0 Å². The molecule has 2 aliphatic rings. The Labute approximate surface area is 174 Å². The quantitative estimate of drug-likeness (QED) is 0.658. The van der Waals surface area contributed by atoms with Gasteiger partial charge in [-0.15, -0.1) is 0 Å². The molecular weight excluding hydrogens is 382 g/mol. The fourth-order valence-corrected chi connectivity index (χ4v) is 4.01. The normalized spacial score (nSPS) is 16.1. The fraction of sp³-hybridized carbons (Fsp3) is 0.348. The lowest BCUT2D eigenvalue weighted by molar-refractivity contribution is -0.131. The summed E-state index contributed by atoms with van der Waals surface area (Å²) in [7, 11) is 0. The number of carbonyl (C=O) groups is 1. The van der Waals surface area contributed by atoms with Crippen LogP contribution in [0.1, 0.15) is 35.8 Å². The molecule has 2 aromatic carbocycles. The van der Waals surface area contributed by atoms with E-state index in [4.69, 9.17) is 14.0 Å². The van der Waals surface area contributed by atoms with E-state index in [2.05, 4.69) is 10.1 Å². The van der Waals surface area contributed by atoms with E-state index >= 15 is 0 Å². The van der Waals surface area contributed by atoms with E-state index in [1.807, 2.05) is 54.3 Å². The molecule has 0 atom stereocenters. The van der Waals surface area contributed by atoms with Crippen molar-refractivity contribution in [1.29, 1.82) is 0 Å². The summed E-state index contributed by atoms with van der Waals surface area (Å²) in [5.41, 5.74) is 3.08. The third-order valence-electron chi connectivity index (χ3n) is 5.87. The molecule has 1 fully saturated rings. The van der Waals surface area contributed by atoms with Crippen LogP contribution in [0.15, 0.2) is 47.0 Å². The smallest absolute Gasteiger partial charge is 0.231 e. The second-order valence-electron chi connectivity index (χ2n) is 7.78. The summed E-state index contributed by atoms with van der Waals surface area (Å²) < 4.78 is 16.3. The first-order valence-electron chi connectivity index (χ1n) is 10.2. The van der Waals surface area contributed by atoms with Gasteiger partial charge in [-0.1, -0.05) is 29.4 Å². The van der Waals surface area contributed by atoms with Crippen molar-refractivity contribution >= 4 is 5.91 Å². The number of carbonyl (C=O) groups excluding carboxylic acids is 1. The molecule has 0 aliphatic carbocycles. The molecule has 0 saturated carbocycles. The molecular formula is C23H23N3O4. The van der Waals surface area contributed by atoms with Crippen LogP contribution in [0.25, 0.3) is 11.4 Å². The van der Waals surface area contributed by atoms with Gasteiger partial charge >= 0.3 is 0 Å². The number of likely N-dealkylation sites (tertiary alicyclic amines) is 1. The third-order valence-corrected chi connectivity index (χ3v) is 5.87. The van der Waals surface area contributed by atoms with Crippen LogP contribution in [-0.2, 0) is 11.2 Å². The van der Waals surface area contributed by atoms with Gasteiger partial charge in [0.05, 0.1) is 6.42 Å². The van der Waals surface area contributed by atoms with Crippen LogP contribution in [0.5, 0.6) is 11.5 Å². The highest BCUT2D eigenvalue weighted by molar-refractivity contribution is 5.79. The molecule has 0 N–H and O–H groups in total. The van der Waals surface area contributed by atoms with E-state index in [0.29, 0.717) is 37.0 Å². The van der Waals surface area contributed by atoms with Crippen molar-refractivity contribution in [3.63, 3.8) is 0 Å². The Morgan fingerprint density at radius 3 is 2.73 bits per heavy atom. The topological polar surface area (TPSA) is 77.7 Å². The van der Waals surface area contributed by atoms with Gasteiger partial charge in [-0.3, -0.25) is 4.79 Å². The molecule has 0 bridgehead atoms. The second-order valence-corrected chi connectivity index (χ2v) is 7.78. The number of hydrogen-bond donors (Lipinski definition) is 0. The lowest BCUT2D eigenvalue weighted by Gasteiger charge is -2.30. The number of rotatable bonds is 4. The first kappa shape index (κ1) is 18.7. The molecule has 0 spiro atoms. The Morgan fingerprint density at radius 2 is 1.90 bits per heavy atom. The molecule has 30 heavy (non-hydrogen) atoms. The molecule has 2 aliphatic heterocycles. The van der Waals surface area contributed by atoms with E-state index in [9.17, 15) is 4.79 Å². The highest BCUT2D eigenvalue weighted by atomic mass is 16.7. The average molecular weight is 405 g/mol. The van der Waals surface area contributed by atoms with Gasteiger partial charge in [0.2, 0.25) is 24.4 Å². The first-order valence-corrected chi connectivity index (χ1v) is 10.2. The van der Waals surface area contributed by atoms with E-state index in [1.54, 1.807) is 0 Å². The van der Waals surface area contributed by atoms with Gasteiger partial charge in [0, 0.05) is 24.6 Å². The van der Waals surface area contributed by atoms with Gasteiger partial charge in [-0.25, -0.2) is 0 Å². The van der Waals surface area contributed by atoms with Gasteiger partial charge in [-0.2, -0.15) is 4.98 Å². The van der Waals surface area contributed by atoms with Gasteiger partial charge in [0.15, 0.2) is 11.5 Å². The Bertz CT molecular complexity index is 1070. The van der Waals surface area contributed by atoms with Crippen LogP contribution in [0.2, 0.25) is 0 Å². The Balaban J connectivity index is 1.21. The monoisotopic (exact) mass is 405 g/mol. The fourth-order valence-electron chi connectivity index (χ4n) is 4.01. The van der Waals surface area contributed by atoms with Gasteiger partial charge < -0.3 is 18.9 Å². The standard InChI is InChI=1S/C23H23N3O4/c1-15-4-2-3-5-17(15)13-21(27)26-10-8-16(9-11-26)23-24-22(25-30-23)18-6-7-19-20(12-18)29-14-28-19/h2-7,12,16H,8-11,13-14H2,1H3. The highest BCUT2D eigenvalue weighted by Gasteiger charge is 2.28. The number of aromatic nitrogens is 2. The zero-order valence-electron chi connectivity index (χ0n) is 16.8. The minimum atomic E-state index is 0.169. The molecule has 3 heterocycles. The minimum Gasteiger partial charge on any atom is -0.454 e.